The van der Waals surface area contributed by atoms with Gasteiger partial charge < -0.3 is 10.4 Å². The summed E-state index contributed by atoms with van der Waals surface area (Å²) in [5.74, 6) is 0.553. The lowest BCUT2D eigenvalue weighted by Crippen LogP contribution is -2.17. The van der Waals surface area contributed by atoms with E-state index in [1.54, 1.807) is 30.4 Å². The van der Waals surface area contributed by atoms with Crippen LogP contribution in [0.15, 0.2) is 84.3 Å². The van der Waals surface area contributed by atoms with Gasteiger partial charge in [-0.3, -0.25) is 9.36 Å². The number of benzene rings is 1. The van der Waals surface area contributed by atoms with E-state index in [1.165, 1.54) is 0 Å². The summed E-state index contributed by atoms with van der Waals surface area (Å²) in [7, 11) is 0. The van der Waals surface area contributed by atoms with Crippen molar-refractivity contribution in [3.63, 3.8) is 0 Å². The third kappa shape index (κ3) is 4.05. The highest BCUT2D eigenvalue weighted by Crippen LogP contribution is 2.26. The number of rotatable bonds is 7. The minimum absolute atomic E-state index is 0.140. The molecule has 1 atom stereocenters. The first kappa shape index (κ1) is 20.3. The molecule has 1 aromatic carbocycles. The molecule has 0 aliphatic rings. The second-order valence-electron chi connectivity index (χ2n) is 6.74. The zero-order chi connectivity index (χ0) is 21.0. The Morgan fingerprint density at radius 3 is 2.62 bits per heavy atom. The number of anilines is 1. The maximum atomic E-state index is 13.0. The lowest BCUT2D eigenvalue weighted by Gasteiger charge is -2.20. The van der Waals surface area contributed by atoms with E-state index < -0.39 is 6.10 Å². The first-order valence-corrected chi connectivity index (χ1v) is 9.53. The van der Waals surface area contributed by atoms with Crippen LogP contribution < -0.4 is 10.7 Å². The standard InChI is InChI=1S/C24H25N3O2/c1-5-11-17(6-2)25-22-15-21(29)23-16(4)14-19(20(28)7-3)26-24(23)27(22)18-12-9-8-10-13-18/h5-6,8-15,20,25,28H,1-2,7H2,3-4H3/b17-11+. The summed E-state index contributed by atoms with van der Waals surface area (Å²) < 4.78 is 1.88. The van der Waals surface area contributed by atoms with Gasteiger partial charge >= 0.3 is 0 Å². The van der Waals surface area contributed by atoms with Gasteiger partial charge in [0.25, 0.3) is 0 Å². The van der Waals surface area contributed by atoms with Crippen LogP contribution in [0.1, 0.15) is 30.7 Å². The maximum absolute atomic E-state index is 13.0. The number of allylic oxidation sites excluding steroid dienone is 3. The Morgan fingerprint density at radius 2 is 2.00 bits per heavy atom. The van der Waals surface area contributed by atoms with Crippen LogP contribution in [0.3, 0.4) is 0 Å². The highest BCUT2D eigenvalue weighted by molar-refractivity contribution is 5.83. The summed E-state index contributed by atoms with van der Waals surface area (Å²) in [5, 5.41) is 14.1. The van der Waals surface area contributed by atoms with Gasteiger partial charge in [0.2, 0.25) is 0 Å². The molecule has 0 bridgehead atoms. The number of fused-ring (bicyclic) bond motifs is 1. The number of aliphatic hydroxyl groups excluding tert-OH is 1. The summed E-state index contributed by atoms with van der Waals surface area (Å²) in [4.78, 5) is 17.7. The highest BCUT2D eigenvalue weighted by Gasteiger charge is 2.17. The van der Waals surface area contributed by atoms with Crippen LogP contribution in [-0.2, 0) is 0 Å². The van der Waals surface area contributed by atoms with E-state index in [2.05, 4.69) is 18.5 Å². The Morgan fingerprint density at radius 1 is 1.28 bits per heavy atom. The van der Waals surface area contributed by atoms with E-state index in [0.717, 1.165) is 11.3 Å². The molecule has 1 unspecified atom stereocenters. The number of nitrogens with zero attached hydrogens (tertiary/aromatic N) is 2. The summed E-state index contributed by atoms with van der Waals surface area (Å²) in [6.07, 6.45) is 4.91. The van der Waals surface area contributed by atoms with Gasteiger partial charge in [0.1, 0.15) is 5.82 Å². The fourth-order valence-electron chi connectivity index (χ4n) is 3.27. The molecular formula is C24H25N3O2. The maximum Gasteiger partial charge on any atom is 0.193 e. The normalized spacial score (nSPS) is 12.6. The third-order valence-electron chi connectivity index (χ3n) is 4.72. The van der Waals surface area contributed by atoms with Crippen molar-refractivity contribution in [1.82, 2.24) is 9.55 Å². The first-order valence-electron chi connectivity index (χ1n) is 9.53. The minimum atomic E-state index is -0.696. The van der Waals surface area contributed by atoms with Crippen LogP contribution in [0, 0.1) is 6.92 Å². The number of aliphatic hydroxyl groups is 1. The predicted molar refractivity (Wildman–Crippen MR) is 119 cm³/mol. The van der Waals surface area contributed by atoms with E-state index in [9.17, 15) is 9.90 Å². The summed E-state index contributed by atoms with van der Waals surface area (Å²) in [6, 6.07) is 13.0. The van der Waals surface area contributed by atoms with Crippen molar-refractivity contribution in [2.24, 2.45) is 0 Å². The largest absolute Gasteiger partial charge is 0.387 e. The van der Waals surface area contributed by atoms with Crippen molar-refractivity contribution in [2.75, 3.05) is 5.32 Å². The minimum Gasteiger partial charge on any atom is -0.387 e. The van der Waals surface area contributed by atoms with Crippen LogP contribution in [0.2, 0.25) is 0 Å². The molecule has 0 radical (unpaired) electrons. The van der Waals surface area contributed by atoms with Crippen LogP contribution in [0.4, 0.5) is 5.82 Å². The summed E-state index contributed by atoms with van der Waals surface area (Å²) in [5.41, 5.74) is 3.23. The number of nitrogens with one attached hydrogen (secondary N) is 1. The average Bonchev–Trinajstić information content (AvgIpc) is 2.73. The molecule has 0 saturated carbocycles. The van der Waals surface area contributed by atoms with Crippen molar-refractivity contribution >= 4 is 16.9 Å². The molecule has 0 spiro atoms. The number of para-hydroxylation sites is 1. The average molecular weight is 387 g/mol. The monoisotopic (exact) mass is 387 g/mol. The molecule has 3 aromatic rings. The molecule has 0 amide bonds. The fourth-order valence-corrected chi connectivity index (χ4v) is 3.27. The molecule has 29 heavy (non-hydrogen) atoms. The number of hydrogen-bond donors (Lipinski definition) is 2. The molecule has 5 nitrogen and oxygen atoms in total. The van der Waals surface area contributed by atoms with Crippen molar-refractivity contribution in [3.05, 3.63) is 101 Å². The second kappa shape index (κ2) is 8.71. The zero-order valence-electron chi connectivity index (χ0n) is 16.7. The van der Waals surface area contributed by atoms with Gasteiger partial charge in [-0.05, 0) is 49.3 Å². The molecule has 0 aliphatic carbocycles. The van der Waals surface area contributed by atoms with E-state index in [0.29, 0.717) is 34.7 Å². The molecule has 2 aromatic heterocycles. The number of pyridine rings is 2. The first-order chi connectivity index (χ1) is 14.0. The lowest BCUT2D eigenvalue weighted by molar-refractivity contribution is 0.169. The molecule has 0 fully saturated rings. The quantitative estimate of drug-likeness (QED) is 0.571. The number of aromatic nitrogens is 2. The highest BCUT2D eigenvalue weighted by atomic mass is 16.3. The second-order valence-corrected chi connectivity index (χ2v) is 6.74. The van der Waals surface area contributed by atoms with Gasteiger partial charge in [-0.25, -0.2) is 4.98 Å². The van der Waals surface area contributed by atoms with Crippen LogP contribution in [-0.4, -0.2) is 14.7 Å². The number of hydrogen-bond acceptors (Lipinski definition) is 4. The molecule has 2 N–H and O–H groups in total. The predicted octanol–water partition coefficient (Wildman–Crippen LogP) is 4.81. The van der Waals surface area contributed by atoms with Gasteiger partial charge in [-0.15, -0.1) is 0 Å². The van der Waals surface area contributed by atoms with Gasteiger partial charge in [0.15, 0.2) is 11.1 Å². The Bertz CT molecular complexity index is 1140. The molecule has 2 heterocycles. The van der Waals surface area contributed by atoms with Crippen molar-refractivity contribution in [3.8, 4) is 5.69 Å². The lowest BCUT2D eigenvalue weighted by atomic mass is 10.1. The SMILES string of the molecule is C=C/C=C(\C=C)Nc1cc(=O)c2c(C)cc(C(O)CC)nc2n1-c1ccccc1. The Hall–Kier alpha value is -3.44. The zero-order valence-corrected chi connectivity index (χ0v) is 16.7. The van der Waals surface area contributed by atoms with Crippen molar-refractivity contribution < 1.29 is 5.11 Å². The van der Waals surface area contributed by atoms with Crippen molar-refractivity contribution in [1.29, 1.82) is 0 Å². The smallest absolute Gasteiger partial charge is 0.193 e. The van der Waals surface area contributed by atoms with Crippen LogP contribution >= 0.6 is 0 Å². The van der Waals surface area contributed by atoms with Crippen LogP contribution in [0.5, 0.6) is 0 Å². The molecule has 3 rings (SSSR count). The summed E-state index contributed by atoms with van der Waals surface area (Å²) in [6.45, 7) is 11.3. The van der Waals surface area contributed by atoms with E-state index in [-0.39, 0.29) is 5.43 Å². The Balaban J connectivity index is 2.41. The van der Waals surface area contributed by atoms with Gasteiger partial charge in [0.05, 0.1) is 17.2 Å². The Kier molecular flexibility index (Phi) is 6.10. The number of aryl methyl sites for hydroxylation is 1. The van der Waals surface area contributed by atoms with E-state index in [4.69, 9.17) is 4.98 Å². The fraction of sp³-hybridized carbons (Fsp3) is 0.167. The Labute approximate surface area is 170 Å². The molecule has 148 valence electrons. The van der Waals surface area contributed by atoms with Gasteiger partial charge in [0, 0.05) is 17.5 Å². The van der Waals surface area contributed by atoms with Crippen LogP contribution in [0.25, 0.3) is 16.7 Å². The summed E-state index contributed by atoms with van der Waals surface area (Å²) >= 11 is 0. The molecular weight excluding hydrogens is 362 g/mol. The van der Waals surface area contributed by atoms with Gasteiger partial charge in [-0.2, -0.15) is 0 Å². The topological polar surface area (TPSA) is 67.2 Å². The van der Waals surface area contributed by atoms with E-state index >= 15 is 0 Å². The molecule has 0 aliphatic heterocycles. The molecule has 5 heteroatoms. The van der Waals surface area contributed by atoms with Gasteiger partial charge in [-0.1, -0.05) is 44.4 Å². The molecule has 0 saturated heterocycles. The van der Waals surface area contributed by atoms with Crippen molar-refractivity contribution in [2.45, 2.75) is 26.4 Å². The third-order valence-corrected chi connectivity index (χ3v) is 4.72. The van der Waals surface area contributed by atoms with E-state index in [1.807, 2.05) is 48.7 Å².